The van der Waals surface area contributed by atoms with Gasteiger partial charge in [0.05, 0.1) is 18.6 Å². The zero-order valence-electron chi connectivity index (χ0n) is 8.12. The van der Waals surface area contributed by atoms with Gasteiger partial charge in [-0.25, -0.2) is 0 Å². The first-order chi connectivity index (χ1) is 6.83. The second-order valence-corrected chi connectivity index (χ2v) is 4.18. The van der Waals surface area contributed by atoms with E-state index in [1.807, 2.05) is 12.3 Å². The van der Waals surface area contributed by atoms with Crippen LogP contribution in [0.3, 0.4) is 0 Å². The van der Waals surface area contributed by atoms with Crippen LogP contribution in [0, 0.1) is 0 Å². The summed E-state index contributed by atoms with van der Waals surface area (Å²) in [4.78, 5) is 4.43. The van der Waals surface area contributed by atoms with E-state index in [-0.39, 0.29) is 5.41 Å². The van der Waals surface area contributed by atoms with Gasteiger partial charge in [0.1, 0.15) is 0 Å². The Kier molecular flexibility index (Phi) is 1.56. The lowest BCUT2D eigenvalue weighted by atomic mass is 9.67. The van der Waals surface area contributed by atoms with Crippen LogP contribution in [0.1, 0.15) is 17.7 Å². The minimum Gasteiger partial charge on any atom is -0.379 e. The van der Waals surface area contributed by atoms with Crippen LogP contribution < -0.4 is 0 Å². The first-order valence-electron chi connectivity index (χ1n) is 5.03. The molecule has 0 radical (unpaired) electrons. The van der Waals surface area contributed by atoms with Crippen LogP contribution in [0.15, 0.2) is 30.5 Å². The first-order valence-corrected chi connectivity index (χ1v) is 5.03. The molecule has 1 fully saturated rings. The van der Waals surface area contributed by atoms with Crippen LogP contribution in [0.4, 0.5) is 0 Å². The third kappa shape index (κ3) is 0.867. The molecule has 1 aromatic rings. The molecule has 0 N–H and O–H groups in total. The normalized spacial score (nSPS) is 23.0. The smallest absolute Gasteiger partial charge is 0.0644 e. The number of ether oxygens (including phenoxy) is 1. The van der Waals surface area contributed by atoms with Crippen molar-refractivity contribution in [1.82, 2.24) is 4.98 Å². The number of hydrogen-bond donors (Lipinski definition) is 0. The van der Waals surface area contributed by atoms with Gasteiger partial charge in [0.25, 0.3) is 0 Å². The van der Waals surface area contributed by atoms with Gasteiger partial charge in [-0.05, 0) is 24.5 Å². The molecule has 1 saturated heterocycles. The van der Waals surface area contributed by atoms with Gasteiger partial charge >= 0.3 is 0 Å². The Labute approximate surface area is 83.6 Å². The van der Waals surface area contributed by atoms with Gasteiger partial charge in [-0.1, -0.05) is 18.2 Å². The van der Waals surface area contributed by atoms with Crippen molar-refractivity contribution < 1.29 is 4.74 Å². The molecule has 1 aromatic heterocycles. The average Bonchev–Trinajstić information content (AvgIpc) is 2.15. The average molecular weight is 187 g/mol. The minimum atomic E-state index is 0.113. The topological polar surface area (TPSA) is 22.1 Å². The lowest BCUT2D eigenvalue weighted by Crippen LogP contribution is -2.50. The third-order valence-corrected chi connectivity index (χ3v) is 3.44. The summed E-state index contributed by atoms with van der Waals surface area (Å²) < 4.78 is 5.35. The number of aryl methyl sites for hydroxylation is 1. The number of fused-ring (bicyclic) bond motifs is 2. The molecule has 2 aliphatic rings. The maximum Gasteiger partial charge on any atom is 0.0644 e. The van der Waals surface area contributed by atoms with E-state index in [9.17, 15) is 0 Å². The first kappa shape index (κ1) is 8.18. The molecule has 72 valence electrons. The predicted molar refractivity (Wildman–Crippen MR) is 54.2 cm³/mol. The van der Waals surface area contributed by atoms with Crippen LogP contribution in [-0.4, -0.2) is 18.2 Å². The van der Waals surface area contributed by atoms with Crippen LogP contribution in [0.25, 0.3) is 0 Å². The molecule has 0 unspecified atom stereocenters. The molecular formula is C12H13NO. The van der Waals surface area contributed by atoms with E-state index >= 15 is 0 Å². The van der Waals surface area contributed by atoms with Crippen LogP contribution in [0.5, 0.6) is 0 Å². The highest BCUT2D eigenvalue weighted by molar-refractivity contribution is 5.44. The SMILES string of the molecule is C=C1CCc2ncccc2C12COC2. The van der Waals surface area contributed by atoms with E-state index in [2.05, 4.69) is 17.6 Å². The Morgan fingerprint density at radius 3 is 2.93 bits per heavy atom. The second kappa shape index (κ2) is 2.67. The number of pyridine rings is 1. The lowest BCUT2D eigenvalue weighted by Gasteiger charge is -2.46. The number of rotatable bonds is 0. The Morgan fingerprint density at radius 2 is 2.21 bits per heavy atom. The molecule has 3 rings (SSSR count). The van der Waals surface area contributed by atoms with Crippen molar-refractivity contribution in [3.63, 3.8) is 0 Å². The molecule has 0 amide bonds. The maximum atomic E-state index is 5.35. The fourth-order valence-electron chi connectivity index (χ4n) is 2.44. The summed E-state index contributed by atoms with van der Waals surface area (Å²) in [6, 6.07) is 4.19. The van der Waals surface area contributed by atoms with Gasteiger partial charge in [-0.2, -0.15) is 0 Å². The Balaban J connectivity index is 2.17. The van der Waals surface area contributed by atoms with Gasteiger partial charge in [0.2, 0.25) is 0 Å². The Bertz CT molecular complexity index is 393. The van der Waals surface area contributed by atoms with Crippen molar-refractivity contribution in [2.45, 2.75) is 18.3 Å². The van der Waals surface area contributed by atoms with Crippen LogP contribution in [0.2, 0.25) is 0 Å². The molecule has 0 atom stereocenters. The van der Waals surface area contributed by atoms with Gasteiger partial charge in [0.15, 0.2) is 0 Å². The molecule has 0 bridgehead atoms. The molecule has 2 nitrogen and oxygen atoms in total. The summed E-state index contributed by atoms with van der Waals surface area (Å²) in [5, 5.41) is 0. The van der Waals surface area contributed by atoms with Crippen molar-refractivity contribution in [2.24, 2.45) is 0 Å². The highest BCUT2D eigenvalue weighted by Crippen LogP contribution is 2.44. The highest BCUT2D eigenvalue weighted by atomic mass is 16.5. The Morgan fingerprint density at radius 1 is 1.36 bits per heavy atom. The van der Waals surface area contributed by atoms with Crippen molar-refractivity contribution in [1.29, 1.82) is 0 Å². The van der Waals surface area contributed by atoms with E-state index in [4.69, 9.17) is 4.74 Å². The predicted octanol–water partition coefficient (Wildman–Crippen LogP) is 1.85. The summed E-state index contributed by atoms with van der Waals surface area (Å²) in [6.07, 6.45) is 3.98. The second-order valence-electron chi connectivity index (χ2n) is 4.18. The maximum absolute atomic E-state index is 5.35. The summed E-state index contributed by atoms with van der Waals surface area (Å²) in [6.45, 7) is 5.77. The molecular weight excluding hydrogens is 174 g/mol. The summed E-state index contributed by atoms with van der Waals surface area (Å²) >= 11 is 0. The fourth-order valence-corrected chi connectivity index (χ4v) is 2.44. The quantitative estimate of drug-likeness (QED) is 0.578. The number of nitrogens with zero attached hydrogens (tertiary/aromatic N) is 1. The number of aromatic nitrogens is 1. The van der Waals surface area contributed by atoms with E-state index in [1.165, 1.54) is 16.8 Å². The van der Waals surface area contributed by atoms with E-state index < -0.39 is 0 Å². The fraction of sp³-hybridized carbons (Fsp3) is 0.417. The van der Waals surface area contributed by atoms with Gasteiger partial charge in [0, 0.05) is 11.9 Å². The molecule has 1 spiro atoms. The van der Waals surface area contributed by atoms with Crippen LogP contribution >= 0.6 is 0 Å². The van der Waals surface area contributed by atoms with Gasteiger partial charge in [-0.3, -0.25) is 4.98 Å². The molecule has 2 heteroatoms. The van der Waals surface area contributed by atoms with Gasteiger partial charge < -0.3 is 4.74 Å². The van der Waals surface area contributed by atoms with Crippen molar-refractivity contribution in [3.05, 3.63) is 41.7 Å². The standard InChI is InChI=1S/C12H13NO/c1-9-4-5-11-10(3-2-6-13-11)12(9)7-14-8-12/h2-3,6H,1,4-5,7-8H2. The largest absolute Gasteiger partial charge is 0.379 e. The minimum absolute atomic E-state index is 0.113. The molecule has 2 heterocycles. The van der Waals surface area contributed by atoms with E-state index in [1.54, 1.807) is 0 Å². The molecule has 1 aliphatic carbocycles. The van der Waals surface area contributed by atoms with Crippen molar-refractivity contribution in [2.75, 3.05) is 13.2 Å². The monoisotopic (exact) mass is 187 g/mol. The zero-order chi connectivity index (χ0) is 9.60. The molecule has 0 saturated carbocycles. The molecule has 14 heavy (non-hydrogen) atoms. The molecule has 1 aliphatic heterocycles. The van der Waals surface area contributed by atoms with Crippen molar-refractivity contribution in [3.8, 4) is 0 Å². The molecule has 0 aromatic carbocycles. The Hall–Kier alpha value is -1.15. The summed E-state index contributed by atoms with van der Waals surface area (Å²) in [5.41, 5.74) is 4.02. The zero-order valence-corrected chi connectivity index (χ0v) is 8.12. The third-order valence-electron chi connectivity index (χ3n) is 3.44. The van der Waals surface area contributed by atoms with E-state index in [0.717, 1.165) is 26.1 Å². The van der Waals surface area contributed by atoms with E-state index in [0.29, 0.717) is 0 Å². The highest BCUT2D eigenvalue weighted by Gasteiger charge is 2.46. The van der Waals surface area contributed by atoms with Crippen molar-refractivity contribution >= 4 is 0 Å². The van der Waals surface area contributed by atoms with Gasteiger partial charge in [-0.15, -0.1) is 0 Å². The summed E-state index contributed by atoms with van der Waals surface area (Å²) in [7, 11) is 0. The lowest BCUT2D eigenvalue weighted by molar-refractivity contribution is -0.0438. The summed E-state index contributed by atoms with van der Waals surface area (Å²) in [5.74, 6) is 0. The van der Waals surface area contributed by atoms with Crippen LogP contribution in [-0.2, 0) is 16.6 Å². The number of hydrogen-bond acceptors (Lipinski definition) is 2.